The summed E-state index contributed by atoms with van der Waals surface area (Å²) < 4.78 is 11.0. The number of halogens is 1. The van der Waals surface area contributed by atoms with Gasteiger partial charge in [0.25, 0.3) is 0 Å². The van der Waals surface area contributed by atoms with Gasteiger partial charge in [0.05, 0.1) is 11.6 Å². The van der Waals surface area contributed by atoms with E-state index in [2.05, 4.69) is 0 Å². The van der Waals surface area contributed by atoms with Crippen molar-refractivity contribution < 1.29 is 19.4 Å². The summed E-state index contributed by atoms with van der Waals surface area (Å²) >= 11 is 6.21. The number of hydrogen-bond donors (Lipinski definition) is 1. The second kappa shape index (κ2) is 6.12. The van der Waals surface area contributed by atoms with Gasteiger partial charge < -0.3 is 14.6 Å². The lowest BCUT2D eigenvalue weighted by molar-refractivity contribution is -0.138. The van der Waals surface area contributed by atoms with Gasteiger partial charge in [0.15, 0.2) is 11.5 Å². The van der Waals surface area contributed by atoms with E-state index < -0.39 is 5.97 Å². The van der Waals surface area contributed by atoms with Crippen molar-refractivity contribution in [3.8, 4) is 11.5 Å². The number of nitrogens with zero attached hydrogens (tertiary/aromatic N) is 1. The standard InChI is InChI=1S/C15H18ClNO4/c16-12-5-11(6-13-15(12)21-4-3-20-13)8-17(9-14(18)19)7-10-1-2-10/h5-6,10H,1-4,7-9H2,(H,18,19). The van der Waals surface area contributed by atoms with Gasteiger partial charge in [-0.15, -0.1) is 0 Å². The lowest BCUT2D eigenvalue weighted by Gasteiger charge is -2.23. The number of rotatable bonds is 6. The van der Waals surface area contributed by atoms with E-state index in [4.69, 9.17) is 26.2 Å². The Morgan fingerprint density at radius 3 is 2.81 bits per heavy atom. The molecule has 0 amide bonds. The van der Waals surface area contributed by atoms with Crippen molar-refractivity contribution >= 4 is 17.6 Å². The summed E-state index contributed by atoms with van der Waals surface area (Å²) in [6.45, 7) is 2.42. The van der Waals surface area contributed by atoms with Gasteiger partial charge in [-0.25, -0.2) is 0 Å². The molecule has 1 saturated carbocycles. The van der Waals surface area contributed by atoms with Gasteiger partial charge in [-0.3, -0.25) is 9.69 Å². The molecule has 1 fully saturated rings. The molecule has 0 unspecified atom stereocenters. The molecular formula is C15H18ClNO4. The van der Waals surface area contributed by atoms with E-state index in [0.717, 1.165) is 12.1 Å². The van der Waals surface area contributed by atoms with Gasteiger partial charge in [0.2, 0.25) is 0 Å². The van der Waals surface area contributed by atoms with E-state index in [0.29, 0.717) is 42.2 Å². The van der Waals surface area contributed by atoms with E-state index in [9.17, 15) is 4.79 Å². The quantitative estimate of drug-likeness (QED) is 0.874. The topological polar surface area (TPSA) is 59.0 Å². The van der Waals surface area contributed by atoms with Gasteiger partial charge in [-0.2, -0.15) is 0 Å². The largest absolute Gasteiger partial charge is 0.486 e. The summed E-state index contributed by atoms with van der Waals surface area (Å²) in [7, 11) is 0. The molecule has 2 aliphatic rings. The Kier molecular flexibility index (Phi) is 4.22. The van der Waals surface area contributed by atoms with Crippen LogP contribution in [0.1, 0.15) is 18.4 Å². The monoisotopic (exact) mass is 311 g/mol. The highest BCUT2D eigenvalue weighted by Crippen LogP contribution is 2.39. The predicted octanol–water partition coefficient (Wildman–Crippen LogP) is 2.41. The van der Waals surface area contributed by atoms with Gasteiger partial charge in [0, 0.05) is 13.1 Å². The van der Waals surface area contributed by atoms with Crippen molar-refractivity contribution in [1.82, 2.24) is 4.90 Å². The van der Waals surface area contributed by atoms with Gasteiger partial charge >= 0.3 is 5.97 Å². The summed E-state index contributed by atoms with van der Waals surface area (Å²) in [6.07, 6.45) is 2.38. The van der Waals surface area contributed by atoms with E-state index in [1.807, 2.05) is 17.0 Å². The number of carboxylic acids is 1. The zero-order chi connectivity index (χ0) is 14.8. The summed E-state index contributed by atoms with van der Waals surface area (Å²) in [5.74, 6) is 1.06. The van der Waals surface area contributed by atoms with E-state index in [-0.39, 0.29) is 6.54 Å². The predicted molar refractivity (Wildman–Crippen MR) is 78.1 cm³/mol. The van der Waals surface area contributed by atoms with E-state index in [1.165, 1.54) is 12.8 Å². The molecule has 1 aromatic carbocycles. The maximum Gasteiger partial charge on any atom is 0.317 e. The first kappa shape index (κ1) is 14.5. The van der Waals surface area contributed by atoms with E-state index >= 15 is 0 Å². The molecule has 3 rings (SSSR count). The van der Waals surface area contributed by atoms with Crippen molar-refractivity contribution in [3.05, 3.63) is 22.7 Å². The Hall–Kier alpha value is -1.46. The zero-order valence-corrected chi connectivity index (χ0v) is 12.4. The van der Waals surface area contributed by atoms with Crippen molar-refractivity contribution in [2.45, 2.75) is 19.4 Å². The fourth-order valence-electron chi connectivity index (χ4n) is 2.56. The van der Waals surface area contributed by atoms with Crippen molar-refractivity contribution in [2.75, 3.05) is 26.3 Å². The molecule has 21 heavy (non-hydrogen) atoms. The Labute approximate surface area is 128 Å². The summed E-state index contributed by atoms with van der Waals surface area (Å²) in [6, 6.07) is 3.72. The number of benzene rings is 1. The molecule has 0 saturated heterocycles. The average Bonchev–Trinajstić information content (AvgIpc) is 3.22. The Morgan fingerprint density at radius 2 is 2.10 bits per heavy atom. The molecule has 0 atom stereocenters. The second-order valence-electron chi connectivity index (χ2n) is 5.61. The molecule has 0 radical (unpaired) electrons. The summed E-state index contributed by atoms with van der Waals surface area (Å²) in [4.78, 5) is 12.9. The first-order chi connectivity index (χ1) is 10.1. The zero-order valence-electron chi connectivity index (χ0n) is 11.7. The highest BCUT2D eigenvalue weighted by molar-refractivity contribution is 6.32. The van der Waals surface area contributed by atoms with Crippen LogP contribution in [0.4, 0.5) is 0 Å². The molecule has 1 aliphatic carbocycles. The molecule has 1 N–H and O–H groups in total. The Balaban J connectivity index is 1.74. The smallest absolute Gasteiger partial charge is 0.317 e. The van der Waals surface area contributed by atoms with Gasteiger partial charge in [-0.1, -0.05) is 11.6 Å². The molecule has 6 heteroatoms. The highest BCUT2D eigenvalue weighted by atomic mass is 35.5. The lowest BCUT2D eigenvalue weighted by atomic mass is 10.1. The number of carbonyl (C=O) groups is 1. The van der Waals surface area contributed by atoms with Crippen LogP contribution in [0, 0.1) is 5.92 Å². The number of carboxylic acid groups (broad SMARTS) is 1. The summed E-state index contributed by atoms with van der Waals surface area (Å²) in [5, 5.41) is 9.55. The third-order valence-electron chi connectivity index (χ3n) is 3.63. The molecule has 114 valence electrons. The summed E-state index contributed by atoms with van der Waals surface area (Å²) in [5.41, 5.74) is 0.950. The maximum atomic E-state index is 11.0. The first-order valence-corrected chi connectivity index (χ1v) is 7.52. The molecule has 0 spiro atoms. The third kappa shape index (κ3) is 3.80. The minimum absolute atomic E-state index is 0.0442. The number of ether oxygens (including phenoxy) is 2. The van der Waals surface area contributed by atoms with Crippen LogP contribution in [0.2, 0.25) is 5.02 Å². The Morgan fingerprint density at radius 1 is 1.33 bits per heavy atom. The Bertz CT molecular complexity index is 545. The molecular weight excluding hydrogens is 294 g/mol. The lowest BCUT2D eigenvalue weighted by Crippen LogP contribution is -2.31. The molecule has 1 aromatic rings. The number of hydrogen-bond acceptors (Lipinski definition) is 4. The number of aliphatic carboxylic acids is 1. The normalized spacial score (nSPS) is 17.0. The molecule has 0 bridgehead atoms. The van der Waals surface area contributed by atoms with Gasteiger partial charge in [-0.05, 0) is 36.5 Å². The van der Waals surface area contributed by atoms with Crippen LogP contribution >= 0.6 is 11.6 Å². The van der Waals surface area contributed by atoms with Crippen LogP contribution in [-0.2, 0) is 11.3 Å². The first-order valence-electron chi connectivity index (χ1n) is 7.14. The third-order valence-corrected chi connectivity index (χ3v) is 3.92. The van der Waals surface area contributed by atoms with Crippen molar-refractivity contribution in [1.29, 1.82) is 0 Å². The molecule has 0 aromatic heterocycles. The van der Waals surface area contributed by atoms with Gasteiger partial charge in [0.1, 0.15) is 13.2 Å². The maximum absolute atomic E-state index is 11.0. The minimum Gasteiger partial charge on any atom is -0.486 e. The van der Waals surface area contributed by atoms with Crippen LogP contribution < -0.4 is 9.47 Å². The van der Waals surface area contributed by atoms with Crippen LogP contribution in [0.3, 0.4) is 0 Å². The van der Waals surface area contributed by atoms with Crippen LogP contribution in [-0.4, -0.2) is 42.3 Å². The highest BCUT2D eigenvalue weighted by Gasteiger charge is 2.26. The average molecular weight is 312 g/mol. The van der Waals surface area contributed by atoms with Crippen LogP contribution in [0.5, 0.6) is 11.5 Å². The second-order valence-corrected chi connectivity index (χ2v) is 6.02. The minimum atomic E-state index is -0.806. The van der Waals surface area contributed by atoms with Crippen molar-refractivity contribution in [2.24, 2.45) is 5.92 Å². The molecule has 1 aliphatic heterocycles. The van der Waals surface area contributed by atoms with Crippen molar-refractivity contribution in [3.63, 3.8) is 0 Å². The van der Waals surface area contributed by atoms with Crippen LogP contribution in [0.15, 0.2) is 12.1 Å². The SMILES string of the molecule is O=C(O)CN(Cc1cc(Cl)c2c(c1)OCCO2)CC1CC1. The fraction of sp³-hybridized carbons (Fsp3) is 0.533. The van der Waals surface area contributed by atoms with Crippen LogP contribution in [0.25, 0.3) is 0 Å². The molecule has 1 heterocycles. The fourth-order valence-corrected chi connectivity index (χ4v) is 2.84. The molecule has 5 nitrogen and oxygen atoms in total. The number of fused-ring (bicyclic) bond motifs is 1. The van der Waals surface area contributed by atoms with E-state index in [1.54, 1.807) is 0 Å².